The van der Waals surface area contributed by atoms with Crippen molar-refractivity contribution in [3.8, 4) is 0 Å². The van der Waals surface area contributed by atoms with Crippen LogP contribution in [-0.4, -0.2) is 16.1 Å². The van der Waals surface area contributed by atoms with Crippen LogP contribution in [0, 0.1) is 23.2 Å². The number of hydrogen-bond donors (Lipinski definition) is 1. The quantitative estimate of drug-likeness (QED) is 0.643. The highest BCUT2D eigenvalue weighted by Crippen LogP contribution is 2.57. The summed E-state index contributed by atoms with van der Waals surface area (Å²) in [5, 5.41) is 11.2. The molecular formula is C14H25ClO. The van der Waals surface area contributed by atoms with Crippen molar-refractivity contribution in [2.75, 3.05) is 0 Å². The van der Waals surface area contributed by atoms with E-state index in [1.54, 1.807) is 0 Å². The van der Waals surface area contributed by atoms with Crippen molar-refractivity contribution in [1.29, 1.82) is 0 Å². The van der Waals surface area contributed by atoms with Gasteiger partial charge in [0.1, 0.15) is 0 Å². The van der Waals surface area contributed by atoms with Crippen LogP contribution in [0.25, 0.3) is 0 Å². The lowest BCUT2D eigenvalue weighted by molar-refractivity contribution is -0.165. The van der Waals surface area contributed by atoms with Gasteiger partial charge in [-0.2, -0.15) is 0 Å². The summed E-state index contributed by atoms with van der Waals surface area (Å²) in [6.07, 6.45) is 4.40. The molecule has 0 amide bonds. The van der Waals surface area contributed by atoms with Gasteiger partial charge in [0, 0.05) is 11.3 Å². The van der Waals surface area contributed by atoms with Crippen molar-refractivity contribution < 1.29 is 5.11 Å². The molecule has 2 aliphatic rings. The minimum absolute atomic E-state index is 0.126. The van der Waals surface area contributed by atoms with Crippen LogP contribution in [-0.2, 0) is 0 Å². The van der Waals surface area contributed by atoms with Crippen molar-refractivity contribution in [3.63, 3.8) is 0 Å². The zero-order chi connectivity index (χ0) is 12.1. The predicted octanol–water partition coefficient (Wildman–Crippen LogP) is 3.83. The number of aliphatic hydroxyl groups is 1. The zero-order valence-electron chi connectivity index (χ0n) is 11.0. The number of alkyl halides is 1. The first-order chi connectivity index (χ1) is 7.27. The molecule has 0 radical (unpaired) electrons. The lowest BCUT2D eigenvalue weighted by Crippen LogP contribution is -2.60. The second-order valence-electron chi connectivity index (χ2n) is 6.93. The highest BCUT2D eigenvalue weighted by atomic mass is 35.5. The van der Waals surface area contributed by atoms with E-state index in [0.717, 1.165) is 12.8 Å². The molecule has 2 rings (SSSR count). The Morgan fingerprint density at radius 1 is 1.12 bits per heavy atom. The molecule has 0 aromatic heterocycles. The third-order valence-corrected chi connectivity index (χ3v) is 5.75. The standard InChI is InChI=1S/C14H25ClO/c1-9-5-6-12-13(3,4)8-11(15)10(2)14(12,16)7-9/h9-12,16H,5-8H2,1-4H3/t9-,10+,11+,12+,14-/m1/s1. The van der Waals surface area contributed by atoms with Crippen LogP contribution < -0.4 is 0 Å². The molecule has 1 nitrogen and oxygen atoms in total. The fraction of sp³-hybridized carbons (Fsp3) is 1.00. The third kappa shape index (κ3) is 1.80. The Kier molecular flexibility index (Phi) is 3.08. The maximum atomic E-state index is 11.1. The van der Waals surface area contributed by atoms with Crippen LogP contribution in [0.4, 0.5) is 0 Å². The van der Waals surface area contributed by atoms with Crippen LogP contribution in [0.1, 0.15) is 53.4 Å². The molecule has 0 saturated heterocycles. The van der Waals surface area contributed by atoms with Crippen LogP contribution in [0.5, 0.6) is 0 Å². The molecule has 94 valence electrons. The molecule has 0 heterocycles. The van der Waals surface area contributed by atoms with Crippen molar-refractivity contribution in [2.24, 2.45) is 23.2 Å². The molecule has 0 aliphatic heterocycles. The monoisotopic (exact) mass is 244 g/mol. The molecule has 0 aromatic carbocycles. The lowest BCUT2D eigenvalue weighted by atomic mass is 9.52. The van der Waals surface area contributed by atoms with Gasteiger partial charge in [0.15, 0.2) is 0 Å². The Balaban J connectivity index is 2.33. The van der Waals surface area contributed by atoms with E-state index in [2.05, 4.69) is 27.7 Å². The van der Waals surface area contributed by atoms with E-state index in [9.17, 15) is 5.11 Å². The van der Waals surface area contributed by atoms with E-state index < -0.39 is 5.60 Å². The van der Waals surface area contributed by atoms with Crippen molar-refractivity contribution in [3.05, 3.63) is 0 Å². The van der Waals surface area contributed by atoms with Crippen LogP contribution in [0.2, 0.25) is 0 Å². The minimum Gasteiger partial charge on any atom is -0.389 e. The highest BCUT2D eigenvalue weighted by Gasteiger charge is 2.56. The number of hydrogen-bond acceptors (Lipinski definition) is 1. The van der Waals surface area contributed by atoms with E-state index in [4.69, 9.17) is 11.6 Å². The molecule has 2 aliphatic carbocycles. The maximum absolute atomic E-state index is 11.1. The van der Waals surface area contributed by atoms with Gasteiger partial charge in [0.05, 0.1) is 5.60 Å². The molecule has 0 unspecified atom stereocenters. The van der Waals surface area contributed by atoms with Crippen molar-refractivity contribution >= 4 is 11.6 Å². The molecule has 0 spiro atoms. The minimum atomic E-state index is -0.522. The summed E-state index contributed by atoms with van der Waals surface area (Å²) >= 11 is 6.45. The number of rotatable bonds is 0. The summed E-state index contributed by atoms with van der Waals surface area (Å²) in [5.74, 6) is 1.30. The van der Waals surface area contributed by atoms with Gasteiger partial charge in [-0.15, -0.1) is 11.6 Å². The maximum Gasteiger partial charge on any atom is 0.0722 e. The zero-order valence-corrected chi connectivity index (χ0v) is 11.7. The first-order valence-corrected chi connectivity index (χ1v) is 7.07. The van der Waals surface area contributed by atoms with Gasteiger partial charge in [0.2, 0.25) is 0 Å². The van der Waals surface area contributed by atoms with Crippen LogP contribution in [0.15, 0.2) is 0 Å². The molecule has 0 bridgehead atoms. The topological polar surface area (TPSA) is 20.2 Å². The third-order valence-electron chi connectivity index (χ3n) is 5.22. The second kappa shape index (κ2) is 3.88. The molecule has 2 fully saturated rings. The fourth-order valence-electron chi connectivity index (χ4n) is 4.21. The van der Waals surface area contributed by atoms with E-state index in [1.807, 2.05) is 0 Å². The second-order valence-corrected chi connectivity index (χ2v) is 7.49. The summed E-state index contributed by atoms with van der Waals surface area (Å²) in [7, 11) is 0. The molecule has 0 aromatic rings. The van der Waals surface area contributed by atoms with Gasteiger partial charge < -0.3 is 5.11 Å². The van der Waals surface area contributed by atoms with Crippen LogP contribution >= 0.6 is 11.6 Å². The Bertz CT molecular complexity index is 276. The SMILES string of the molecule is C[C@@H]1CC[C@H]2C(C)(C)C[C@H](Cl)[C@H](C)[C@]2(O)C1. The number of fused-ring (bicyclic) bond motifs is 1. The van der Waals surface area contributed by atoms with E-state index in [-0.39, 0.29) is 16.7 Å². The van der Waals surface area contributed by atoms with Gasteiger partial charge in [-0.1, -0.05) is 34.1 Å². The van der Waals surface area contributed by atoms with Gasteiger partial charge >= 0.3 is 0 Å². The average Bonchev–Trinajstić information content (AvgIpc) is 2.13. The molecular weight excluding hydrogens is 220 g/mol. The summed E-state index contributed by atoms with van der Waals surface area (Å²) in [5.41, 5.74) is -0.334. The van der Waals surface area contributed by atoms with Crippen molar-refractivity contribution in [1.82, 2.24) is 0 Å². The summed E-state index contributed by atoms with van der Waals surface area (Å²) in [4.78, 5) is 0. The van der Waals surface area contributed by atoms with Gasteiger partial charge in [-0.25, -0.2) is 0 Å². The molecule has 5 atom stereocenters. The average molecular weight is 245 g/mol. The fourth-order valence-corrected chi connectivity index (χ4v) is 4.82. The van der Waals surface area contributed by atoms with E-state index in [0.29, 0.717) is 11.8 Å². The summed E-state index contributed by atoms with van der Waals surface area (Å²) in [6, 6.07) is 0. The first-order valence-electron chi connectivity index (χ1n) is 6.64. The lowest BCUT2D eigenvalue weighted by Gasteiger charge is -2.58. The number of halogens is 1. The summed E-state index contributed by atoms with van der Waals surface area (Å²) in [6.45, 7) is 8.95. The smallest absolute Gasteiger partial charge is 0.0722 e. The van der Waals surface area contributed by atoms with Crippen molar-refractivity contribution in [2.45, 2.75) is 64.4 Å². The summed E-state index contributed by atoms with van der Waals surface area (Å²) < 4.78 is 0. The largest absolute Gasteiger partial charge is 0.389 e. The Labute approximate surface area is 105 Å². The predicted molar refractivity (Wildman–Crippen MR) is 68.7 cm³/mol. The van der Waals surface area contributed by atoms with Gasteiger partial charge in [-0.3, -0.25) is 0 Å². The van der Waals surface area contributed by atoms with E-state index >= 15 is 0 Å². The van der Waals surface area contributed by atoms with Gasteiger partial charge in [-0.05, 0) is 36.5 Å². The Hall–Kier alpha value is 0.250. The first kappa shape index (κ1) is 12.7. The Morgan fingerprint density at radius 2 is 1.75 bits per heavy atom. The molecule has 16 heavy (non-hydrogen) atoms. The Morgan fingerprint density at radius 3 is 2.38 bits per heavy atom. The highest BCUT2D eigenvalue weighted by molar-refractivity contribution is 6.21. The van der Waals surface area contributed by atoms with Gasteiger partial charge in [0.25, 0.3) is 0 Å². The normalized spacial score (nSPS) is 52.1. The molecule has 1 N–H and O–H groups in total. The molecule has 2 heteroatoms. The molecule has 2 saturated carbocycles. The van der Waals surface area contributed by atoms with Crippen LogP contribution in [0.3, 0.4) is 0 Å². The van der Waals surface area contributed by atoms with E-state index in [1.165, 1.54) is 12.8 Å².